The number of hydrogen-bond donors (Lipinski definition) is 5. The van der Waals surface area contributed by atoms with Crippen LogP contribution in [-0.2, 0) is 14.3 Å². The minimum Gasteiger partial charge on any atom is -0.493 e. The predicted octanol–water partition coefficient (Wildman–Crippen LogP) is 2.56. The van der Waals surface area contributed by atoms with Crippen LogP contribution < -0.4 is 36.7 Å². The lowest BCUT2D eigenvalue weighted by Gasteiger charge is -2.24. The number of primary amides is 1. The van der Waals surface area contributed by atoms with Gasteiger partial charge in [-0.1, -0.05) is 18.2 Å². The molecule has 13 heteroatoms. The minimum atomic E-state index is -1.14. The smallest absolute Gasteiger partial charge is 0.343 e. The number of carboxylic acid groups (broad SMARTS) is 1. The third kappa shape index (κ3) is 9.53. The number of rotatable bonds is 11. The van der Waals surface area contributed by atoms with Gasteiger partial charge >= 0.3 is 11.9 Å². The monoisotopic (exact) mass is 564 g/mol. The van der Waals surface area contributed by atoms with Gasteiger partial charge in [0.15, 0.2) is 17.7 Å². The van der Waals surface area contributed by atoms with Gasteiger partial charge in [0.25, 0.3) is 5.91 Å². The van der Waals surface area contributed by atoms with Gasteiger partial charge in [0.05, 0.1) is 33.4 Å². The summed E-state index contributed by atoms with van der Waals surface area (Å²) < 4.78 is 21.7. The molecule has 1 aliphatic rings. The van der Waals surface area contributed by atoms with Crippen LogP contribution in [-0.4, -0.2) is 63.1 Å². The van der Waals surface area contributed by atoms with Crippen LogP contribution in [0.3, 0.4) is 0 Å². The van der Waals surface area contributed by atoms with Crippen LogP contribution in [0.2, 0.25) is 0 Å². The minimum absolute atomic E-state index is 0.119. The summed E-state index contributed by atoms with van der Waals surface area (Å²) >= 11 is 1.40. The van der Waals surface area contributed by atoms with E-state index in [4.69, 9.17) is 35.5 Å². The highest BCUT2D eigenvalue weighted by Gasteiger charge is 2.23. The number of carbonyl (C=O) groups is 3. The SMILES string of the molecule is COc1cc(Sc2ccc(C(N)=O)c(NC(N)C(=O)OC3CCCCC3)c2)cc(OC)c1OC.NCC(=O)O. The van der Waals surface area contributed by atoms with Crippen LogP contribution >= 0.6 is 11.8 Å². The topological polar surface area (TPSA) is 198 Å². The van der Waals surface area contributed by atoms with Crippen molar-refractivity contribution < 1.29 is 38.4 Å². The Morgan fingerprint density at radius 3 is 2.08 bits per heavy atom. The summed E-state index contributed by atoms with van der Waals surface area (Å²) in [5.41, 5.74) is 16.7. The summed E-state index contributed by atoms with van der Waals surface area (Å²) in [6.07, 6.45) is 3.64. The first-order valence-electron chi connectivity index (χ1n) is 12.2. The summed E-state index contributed by atoms with van der Waals surface area (Å²) in [6.45, 7) is -0.278. The van der Waals surface area contributed by atoms with Gasteiger partial charge in [-0.25, -0.2) is 4.79 Å². The number of aliphatic carboxylic acids is 1. The fourth-order valence-electron chi connectivity index (χ4n) is 3.82. The van der Waals surface area contributed by atoms with Crippen LogP contribution in [0, 0.1) is 0 Å². The molecule has 1 aliphatic carbocycles. The third-order valence-electron chi connectivity index (χ3n) is 5.71. The summed E-state index contributed by atoms with van der Waals surface area (Å²) in [6, 6.07) is 8.68. The lowest BCUT2D eigenvalue weighted by Crippen LogP contribution is -2.42. The molecule has 1 fully saturated rings. The largest absolute Gasteiger partial charge is 0.493 e. The highest BCUT2D eigenvalue weighted by molar-refractivity contribution is 7.99. The molecule has 3 rings (SSSR count). The Morgan fingerprint density at radius 2 is 1.59 bits per heavy atom. The van der Waals surface area contributed by atoms with Gasteiger partial charge in [-0.05, 0) is 56.0 Å². The second-order valence-corrected chi connectivity index (χ2v) is 9.60. The summed E-state index contributed by atoms with van der Waals surface area (Å²) in [7, 11) is 4.63. The maximum Gasteiger partial charge on any atom is 0.343 e. The van der Waals surface area contributed by atoms with Crippen molar-refractivity contribution in [2.45, 2.75) is 54.2 Å². The Bertz CT molecular complexity index is 1120. The molecule has 39 heavy (non-hydrogen) atoms. The number of carbonyl (C=O) groups excluding carboxylic acids is 2. The van der Waals surface area contributed by atoms with Crippen molar-refractivity contribution in [3.05, 3.63) is 35.9 Å². The van der Waals surface area contributed by atoms with Gasteiger partial charge in [0, 0.05) is 15.5 Å². The average Bonchev–Trinajstić information content (AvgIpc) is 2.93. The molecule has 0 aromatic heterocycles. The Hall–Kier alpha value is -3.68. The van der Waals surface area contributed by atoms with E-state index in [0.29, 0.717) is 22.9 Å². The molecular formula is C26H36N4O8S. The molecule has 0 radical (unpaired) electrons. The Balaban J connectivity index is 0.000000976. The molecule has 0 heterocycles. The van der Waals surface area contributed by atoms with E-state index in [1.807, 2.05) is 12.1 Å². The van der Waals surface area contributed by atoms with Gasteiger partial charge in [0.1, 0.15) is 6.10 Å². The molecule has 1 unspecified atom stereocenters. The molecule has 214 valence electrons. The summed E-state index contributed by atoms with van der Waals surface area (Å²) in [5, 5.41) is 10.5. The zero-order valence-corrected chi connectivity index (χ0v) is 23.0. The number of hydrogen-bond acceptors (Lipinski definition) is 11. The number of methoxy groups -OCH3 is 3. The number of ether oxygens (including phenoxy) is 4. The van der Waals surface area contributed by atoms with Crippen LogP contribution in [0.15, 0.2) is 40.1 Å². The van der Waals surface area contributed by atoms with Crippen molar-refractivity contribution in [2.24, 2.45) is 17.2 Å². The van der Waals surface area contributed by atoms with Crippen LogP contribution in [0.25, 0.3) is 0 Å². The molecule has 0 saturated heterocycles. The van der Waals surface area contributed by atoms with Crippen molar-refractivity contribution in [2.75, 3.05) is 33.2 Å². The number of esters is 1. The highest BCUT2D eigenvalue weighted by atomic mass is 32.2. The fraction of sp³-hybridized carbons (Fsp3) is 0.423. The number of nitrogens with two attached hydrogens (primary N) is 3. The number of nitrogens with one attached hydrogen (secondary N) is 1. The Kier molecular flexibility index (Phi) is 12.7. The molecule has 1 saturated carbocycles. The molecule has 2 aromatic rings. The molecule has 0 bridgehead atoms. The first kappa shape index (κ1) is 31.5. The van der Waals surface area contributed by atoms with Crippen LogP contribution in [0.1, 0.15) is 42.5 Å². The third-order valence-corrected chi connectivity index (χ3v) is 6.67. The van der Waals surface area contributed by atoms with Crippen molar-refractivity contribution in [3.63, 3.8) is 0 Å². The predicted molar refractivity (Wildman–Crippen MR) is 146 cm³/mol. The highest BCUT2D eigenvalue weighted by Crippen LogP contribution is 2.43. The fourth-order valence-corrected chi connectivity index (χ4v) is 4.74. The van der Waals surface area contributed by atoms with Crippen molar-refractivity contribution in [1.82, 2.24) is 0 Å². The number of anilines is 1. The molecular weight excluding hydrogens is 528 g/mol. The Morgan fingerprint density at radius 1 is 1.00 bits per heavy atom. The maximum absolute atomic E-state index is 12.5. The molecule has 0 aliphatic heterocycles. The zero-order chi connectivity index (χ0) is 28.9. The average molecular weight is 565 g/mol. The van der Waals surface area contributed by atoms with Gasteiger partial charge in [0.2, 0.25) is 5.75 Å². The molecule has 12 nitrogen and oxygen atoms in total. The van der Waals surface area contributed by atoms with E-state index >= 15 is 0 Å². The van der Waals surface area contributed by atoms with E-state index in [9.17, 15) is 14.4 Å². The second-order valence-electron chi connectivity index (χ2n) is 8.45. The number of benzene rings is 2. The van der Waals surface area contributed by atoms with E-state index in [2.05, 4.69) is 11.1 Å². The molecule has 2 aromatic carbocycles. The first-order chi connectivity index (χ1) is 18.6. The molecule has 8 N–H and O–H groups in total. The van der Waals surface area contributed by atoms with Crippen LogP contribution in [0.4, 0.5) is 5.69 Å². The number of amides is 1. The van der Waals surface area contributed by atoms with E-state index in [-0.39, 0.29) is 18.2 Å². The maximum atomic E-state index is 12.5. The van der Waals surface area contributed by atoms with Gasteiger partial charge < -0.3 is 46.6 Å². The van der Waals surface area contributed by atoms with Crippen LogP contribution in [0.5, 0.6) is 17.2 Å². The number of carboxylic acids is 1. The first-order valence-corrected chi connectivity index (χ1v) is 13.0. The standard InChI is InChI=1S/C24H31N3O6S.C2H5NO2/c1-30-19-12-16(13-20(31-2)21(19)32-3)34-15-9-10-17(23(26)28)18(11-15)27-22(25)24(29)33-14-7-5-4-6-8-14;3-1-2(4)5/h9-14,22,27H,4-8,25H2,1-3H3,(H2,26,28);1,3H2,(H,4,5). The second kappa shape index (κ2) is 15.7. The van der Waals surface area contributed by atoms with E-state index < -0.39 is 24.0 Å². The van der Waals surface area contributed by atoms with E-state index in [1.54, 1.807) is 32.4 Å². The van der Waals surface area contributed by atoms with Gasteiger partial charge in [-0.15, -0.1) is 0 Å². The quantitative estimate of drug-likeness (QED) is 0.198. The van der Waals surface area contributed by atoms with Crippen molar-refractivity contribution in [3.8, 4) is 17.2 Å². The van der Waals surface area contributed by atoms with Gasteiger partial charge in [-0.2, -0.15) is 0 Å². The van der Waals surface area contributed by atoms with Crippen molar-refractivity contribution >= 4 is 35.3 Å². The molecule has 0 spiro atoms. The summed E-state index contributed by atoms with van der Waals surface area (Å²) in [4.78, 5) is 35.3. The lowest BCUT2D eigenvalue weighted by molar-refractivity contribution is -0.151. The van der Waals surface area contributed by atoms with Crippen molar-refractivity contribution in [1.29, 1.82) is 0 Å². The van der Waals surface area contributed by atoms with E-state index in [0.717, 1.165) is 41.9 Å². The normalized spacial score (nSPS) is 13.8. The Labute approximate surface area is 231 Å². The van der Waals surface area contributed by atoms with E-state index in [1.165, 1.54) is 18.9 Å². The lowest BCUT2D eigenvalue weighted by atomic mass is 9.98. The van der Waals surface area contributed by atoms with Gasteiger partial charge in [-0.3, -0.25) is 9.59 Å². The summed E-state index contributed by atoms with van der Waals surface area (Å²) in [5.74, 6) is -0.647. The molecule has 1 atom stereocenters. The zero-order valence-electron chi connectivity index (χ0n) is 22.2. The molecule has 1 amide bonds.